The summed E-state index contributed by atoms with van der Waals surface area (Å²) in [7, 11) is 0. The Hall–Kier alpha value is -3.60. The minimum absolute atomic E-state index is 0.0247. The number of ketones is 1. The third kappa shape index (κ3) is 3.74. The number of hydrogen-bond donors (Lipinski definition) is 0. The second kappa shape index (κ2) is 7.96. The number of para-hydroxylation sites is 2. The third-order valence-corrected chi connectivity index (χ3v) is 4.40. The number of esters is 1. The molecule has 1 aliphatic rings. The molecule has 0 radical (unpaired) electrons. The molecule has 2 atom stereocenters. The molecule has 5 nitrogen and oxygen atoms in total. The monoisotopic (exact) mass is 374 g/mol. The van der Waals surface area contributed by atoms with E-state index in [0.717, 1.165) is 0 Å². The lowest BCUT2D eigenvalue weighted by Gasteiger charge is -2.26. The molecule has 0 bridgehead atoms. The van der Waals surface area contributed by atoms with Gasteiger partial charge in [0.05, 0.1) is 0 Å². The number of ether oxygens (including phenoxy) is 3. The van der Waals surface area contributed by atoms with Crippen LogP contribution < -0.4 is 9.47 Å². The van der Waals surface area contributed by atoms with Gasteiger partial charge in [0.2, 0.25) is 11.9 Å². The summed E-state index contributed by atoms with van der Waals surface area (Å²) in [6.07, 6.45) is -2.00. The maximum Gasteiger partial charge on any atom is 0.352 e. The van der Waals surface area contributed by atoms with Gasteiger partial charge in [0.15, 0.2) is 17.6 Å². The number of rotatable bonds is 5. The average Bonchev–Trinajstić information content (AvgIpc) is 2.77. The molecule has 0 amide bonds. The second-order valence-electron chi connectivity index (χ2n) is 6.32. The van der Waals surface area contributed by atoms with Crippen LogP contribution in [0.3, 0.4) is 0 Å². The molecular formula is C23H18O5. The van der Waals surface area contributed by atoms with Crippen molar-refractivity contribution in [3.05, 3.63) is 96.1 Å². The van der Waals surface area contributed by atoms with Crippen molar-refractivity contribution in [1.29, 1.82) is 0 Å². The van der Waals surface area contributed by atoms with Gasteiger partial charge in [-0.05, 0) is 12.1 Å². The van der Waals surface area contributed by atoms with E-state index in [1.807, 2.05) is 18.2 Å². The van der Waals surface area contributed by atoms with E-state index in [-0.39, 0.29) is 12.4 Å². The van der Waals surface area contributed by atoms with Gasteiger partial charge in [-0.15, -0.1) is 0 Å². The summed E-state index contributed by atoms with van der Waals surface area (Å²) in [5.74, 6) is 0.109. The first-order chi connectivity index (χ1) is 13.7. The Bertz CT molecular complexity index is 969. The summed E-state index contributed by atoms with van der Waals surface area (Å²) in [4.78, 5) is 25.8. The van der Waals surface area contributed by atoms with Crippen LogP contribution in [0.4, 0.5) is 0 Å². The molecule has 4 rings (SSSR count). The lowest BCUT2D eigenvalue weighted by Crippen LogP contribution is -2.39. The second-order valence-corrected chi connectivity index (χ2v) is 6.32. The van der Waals surface area contributed by atoms with Crippen molar-refractivity contribution in [3.63, 3.8) is 0 Å². The Morgan fingerprint density at radius 1 is 0.821 bits per heavy atom. The molecule has 5 heteroatoms. The van der Waals surface area contributed by atoms with Crippen LogP contribution in [0.25, 0.3) is 0 Å². The third-order valence-electron chi connectivity index (χ3n) is 4.40. The molecule has 1 heterocycles. The van der Waals surface area contributed by atoms with Gasteiger partial charge in [-0.1, -0.05) is 72.8 Å². The van der Waals surface area contributed by atoms with Crippen molar-refractivity contribution in [2.24, 2.45) is 0 Å². The van der Waals surface area contributed by atoms with Crippen molar-refractivity contribution >= 4 is 11.8 Å². The van der Waals surface area contributed by atoms with Crippen LogP contribution in [-0.2, 0) is 9.53 Å². The molecule has 0 N–H and O–H groups in total. The first-order valence-electron chi connectivity index (χ1n) is 8.95. The zero-order chi connectivity index (χ0) is 19.3. The summed E-state index contributed by atoms with van der Waals surface area (Å²) in [6.45, 7) is 0.0247. The van der Waals surface area contributed by atoms with E-state index < -0.39 is 18.2 Å². The topological polar surface area (TPSA) is 61.8 Å². The maximum absolute atomic E-state index is 13.0. The van der Waals surface area contributed by atoms with Gasteiger partial charge in [-0.3, -0.25) is 4.79 Å². The SMILES string of the molecule is O=C(O[C@H](C(=O)c1ccccc1)c1ccccc1)[C@@H]1COc2ccccc2O1. The highest BCUT2D eigenvalue weighted by Gasteiger charge is 2.33. The van der Waals surface area contributed by atoms with Crippen LogP contribution in [0.5, 0.6) is 11.5 Å². The fourth-order valence-electron chi connectivity index (χ4n) is 2.98. The van der Waals surface area contributed by atoms with E-state index in [2.05, 4.69) is 0 Å². The zero-order valence-electron chi connectivity index (χ0n) is 15.0. The average molecular weight is 374 g/mol. The van der Waals surface area contributed by atoms with Crippen molar-refractivity contribution in [2.45, 2.75) is 12.2 Å². The Morgan fingerprint density at radius 2 is 1.43 bits per heavy atom. The first-order valence-corrected chi connectivity index (χ1v) is 8.95. The molecule has 0 saturated carbocycles. The Morgan fingerprint density at radius 3 is 2.14 bits per heavy atom. The van der Waals surface area contributed by atoms with E-state index in [0.29, 0.717) is 22.6 Å². The molecule has 0 fully saturated rings. The highest BCUT2D eigenvalue weighted by Crippen LogP contribution is 2.32. The van der Waals surface area contributed by atoms with Gasteiger partial charge < -0.3 is 14.2 Å². The van der Waals surface area contributed by atoms with Crippen LogP contribution in [0.15, 0.2) is 84.9 Å². The maximum atomic E-state index is 13.0. The standard InChI is InChI=1S/C23H18O5/c24-21(16-9-3-1-4-10-16)22(17-11-5-2-6-12-17)28-23(25)20-15-26-18-13-7-8-14-19(18)27-20/h1-14,20,22H,15H2/t20-,22-/m0/s1. The number of carbonyl (C=O) groups excluding carboxylic acids is 2. The summed E-state index contributed by atoms with van der Waals surface area (Å²) < 4.78 is 16.9. The molecule has 28 heavy (non-hydrogen) atoms. The van der Waals surface area contributed by atoms with E-state index in [4.69, 9.17) is 14.2 Å². The van der Waals surface area contributed by atoms with Crippen LogP contribution in [0.1, 0.15) is 22.0 Å². The summed E-state index contributed by atoms with van der Waals surface area (Å²) in [5.41, 5.74) is 1.07. The minimum atomic E-state index is -1.06. The molecular weight excluding hydrogens is 356 g/mol. The molecule has 0 aromatic heterocycles. The molecule has 1 aliphatic heterocycles. The summed E-state index contributed by atoms with van der Waals surface area (Å²) in [6, 6.07) is 24.8. The Balaban J connectivity index is 1.56. The van der Waals surface area contributed by atoms with Crippen molar-refractivity contribution in [3.8, 4) is 11.5 Å². The van der Waals surface area contributed by atoms with Gasteiger partial charge >= 0.3 is 5.97 Å². The Kier molecular flexibility index (Phi) is 5.06. The molecule has 0 spiro atoms. The normalized spacial score (nSPS) is 16.1. The van der Waals surface area contributed by atoms with Gasteiger partial charge in [-0.25, -0.2) is 4.79 Å². The minimum Gasteiger partial charge on any atom is -0.485 e. The number of hydrogen-bond acceptors (Lipinski definition) is 5. The quantitative estimate of drug-likeness (QED) is 0.499. The van der Waals surface area contributed by atoms with Gasteiger partial charge in [0.25, 0.3) is 0 Å². The number of Topliss-reactive ketones (excluding diaryl/α,β-unsaturated/α-hetero) is 1. The van der Waals surface area contributed by atoms with Gasteiger partial charge in [0.1, 0.15) is 6.61 Å². The lowest BCUT2D eigenvalue weighted by atomic mass is 10.00. The highest BCUT2D eigenvalue weighted by molar-refractivity contribution is 6.01. The van der Waals surface area contributed by atoms with Gasteiger partial charge in [0, 0.05) is 11.1 Å². The van der Waals surface area contributed by atoms with Crippen LogP contribution in [0, 0.1) is 0 Å². The lowest BCUT2D eigenvalue weighted by molar-refractivity contribution is -0.158. The number of carbonyl (C=O) groups is 2. The van der Waals surface area contributed by atoms with E-state index in [9.17, 15) is 9.59 Å². The molecule has 0 unspecified atom stereocenters. The van der Waals surface area contributed by atoms with Crippen molar-refractivity contribution in [1.82, 2.24) is 0 Å². The van der Waals surface area contributed by atoms with Gasteiger partial charge in [-0.2, -0.15) is 0 Å². The molecule has 140 valence electrons. The zero-order valence-corrected chi connectivity index (χ0v) is 15.0. The van der Waals surface area contributed by atoms with Crippen molar-refractivity contribution in [2.75, 3.05) is 6.61 Å². The molecule has 3 aromatic carbocycles. The molecule has 0 aliphatic carbocycles. The van der Waals surface area contributed by atoms with Crippen LogP contribution >= 0.6 is 0 Å². The summed E-state index contributed by atoms with van der Waals surface area (Å²) >= 11 is 0. The van der Waals surface area contributed by atoms with E-state index in [1.165, 1.54) is 0 Å². The highest BCUT2D eigenvalue weighted by atomic mass is 16.6. The predicted octanol–water partition coefficient (Wildman–Crippen LogP) is 3.99. The predicted molar refractivity (Wildman–Crippen MR) is 102 cm³/mol. The molecule has 3 aromatic rings. The van der Waals surface area contributed by atoms with Crippen molar-refractivity contribution < 1.29 is 23.8 Å². The number of benzene rings is 3. The Labute approximate surface area is 162 Å². The fraction of sp³-hybridized carbons (Fsp3) is 0.130. The summed E-state index contributed by atoms with van der Waals surface area (Å²) in [5, 5.41) is 0. The van der Waals surface area contributed by atoms with Crippen LogP contribution in [0.2, 0.25) is 0 Å². The number of fused-ring (bicyclic) bond motifs is 1. The smallest absolute Gasteiger partial charge is 0.352 e. The largest absolute Gasteiger partial charge is 0.485 e. The fourth-order valence-corrected chi connectivity index (χ4v) is 2.98. The van der Waals surface area contributed by atoms with E-state index in [1.54, 1.807) is 66.7 Å². The molecule has 0 saturated heterocycles. The van der Waals surface area contributed by atoms with E-state index >= 15 is 0 Å². The van der Waals surface area contributed by atoms with Crippen LogP contribution in [-0.4, -0.2) is 24.5 Å². The first kappa shape index (κ1) is 17.8.